The molecule has 1 unspecified atom stereocenters. The Labute approximate surface area is 181 Å². The first-order valence-electron chi connectivity index (χ1n) is 11.2. The van der Waals surface area contributed by atoms with E-state index in [0.717, 1.165) is 18.4 Å². The molecule has 1 heterocycles. The summed E-state index contributed by atoms with van der Waals surface area (Å²) in [6.45, 7) is 10.8. The second-order valence-electron chi connectivity index (χ2n) is 10.1. The van der Waals surface area contributed by atoms with Crippen LogP contribution in [0.4, 0.5) is 0 Å². The van der Waals surface area contributed by atoms with Gasteiger partial charge in [0, 0.05) is 19.6 Å². The summed E-state index contributed by atoms with van der Waals surface area (Å²) in [5, 5.41) is 0. The summed E-state index contributed by atoms with van der Waals surface area (Å²) < 4.78 is 11.5. The highest BCUT2D eigenvalue weighted by atomic mass is 16.5. The Bertz CT molecular complexity index is 769. The minimum absolute atomic E-state index is 0.0122. The van der Waals surface area contributed by atoms with Crippen molar-refractivity contribution in [3.05, 3.63) is 47.5 Å². The fourth-order valence-electron chi connectivity index (χ4n) is 4.99. The number of carbonyl (C=O) groups excluding carboxylic acids is 2. The van der Waals surface area contributed by atoms with Crippen LogP contribution in [0.1, 0.15) is 58.9 Å². The highest BCUT2D eigenvalue weighted by Crippen LogP contribution is 2.49. The van der Waals surface area contributed by atoms with E-state index in [1.807, 2.05) is 44.2 Å². The Kier molecular flexibility index (Phi) is 7.30. The van der Waals surface area contributed by atoms with E-state index in [1.54, 1.807) is 6.08 Å². The Morgan fingerprint density at radius 3 is 2.50 bits per heavy atom. The van der Waals surface area contributed by atoms with Crippen LogP contribution in [0.2, 0.25) is 0 Å². The molecule has 1 saturated heterocycles. The summed E-state index contributed by atoms with van der Waals surface area (Å²) in [5.41, 5.74) is 1.96. The minimum atomic E-state index is -0.529. The van der Waals surface area contributed by atoms with E-state index in [1.165, 1.54) is 5.57 Å². The lowest BCUT2D eigenvalue weighted by Crippen LogP contribution is -2.43. The fourth-order valence-corrected chi connectivity index (χ4v) is 4.99. The number of carbonyl (C=O) groups is 2. The van der Waals surface area contributed by atoms with Crippen LogP contribution in [0, 0.1) is 22.7 Å². The van der Waals surface area contributed by atoms with Crippen LogP contribution >= 0.6 is 0 Å². The van der Waals surface area contributed by atoms with Crippen LogP contribution in [0.15, 0.2) is 42.0 Å². The van der Waals surface area contributed by atoms with Gasteiger partial charge in [0.1, 0.15) is 5.78 Å². The van der Waals surface area contributed by atoms with Crippen LogP contribution in [-0.2, 0) is 25.7 Å². The lowest BCUT2D eigenvalue weighted by Gasteiger charge is -2.45. The summed E-state index contributed by atoms with van der Waals surface area (Å²) >= 11 is 0. The van der Waals surface area contributed by atoms with Gasteiger partial charge in [-0.3, -0.25) is 9.59 Å². The zero-order valence-corrected chi connectivity index (χ0v) is 18.9. The van der Waals surface area contributed by atoms with Crippen LogP contribution < -0.4 is 0 Å². The lowest BCUT2D eigenvalue weighted by atomic mass is 9.60. The lowest BCUT2D eigenvalue weighted by molar-refractivity contribution is -0.135. The summed E-state index contributed by atoms with van der Waals surface area (Å²) in [6, 6.07) is 10.0. The Balaban J connectivity index is 1.64. The van der Waals surface area contributed by atoms with Gasteiger partial charge in [0.15, 0.2) is 5.78 Å². The van der Waals surface area contributed by atoms with Gasteiger partial charge < -0.3 is 9.47 Å². The minimum Gasteiger partial charge on any atom is -0.381 e. The number of ether oxygens (including phenoxy) is 2. The van der Waals surface area contributed by atoms with Gasteiger partial charge >= 0.3 is 0 Å². The monoisotopic (exact) mass is 412 g/mol. The fraction of sp³-hybridized carbons (Fsp3) is 0.615. The van der Waals surface area contributed by atoms with E-state index in [-0.39, 0.29) is 22.4 Å². The summed E-state index contributed by atoms with van der Waals surface area (Å²) in [7, 11) is 0. The summed E-state index contributed by atoms with van der Waals surface area (Å²) in [4.78, 5) is 26.1. The highest BCUT2D eigenvalue weighted by molar-refractivity contribution is 6.08. The average molecular weight is 413 g/mol. The van der Waals surface area contributed by atoms with E-state index in [9.17, 15) is 9.59 Å². The molecule has 1 atom stereocenters. The molecular formula is C26H36O4. The molecule has 0 radical (unpaired) electrons. The van der Waals surface area contributed by atoms with Gasteiger partial charge in [-0.1, -0.05) is 63.6 Å². The largest absolute Gasteiger partial charge is 0.381 e. The first kappa shape index (κ1) is 22.9. The molecule has 0 N–H and O–H groups in total. The molecule has 1 aromatic carbocycles. The van der Waals surface area contributed by atoms with Gasteiger partial charge in [0.2, 0.25) is 0 Å². The molecule has 30 heavy (non-hydrogen) atoms. The SMILES string of the molecule is CC(C)C1=CC(=O)C(C(=O)CC(C)(C)COCc2ccccc2)CC12CCOCC2. The van der Waals surface area contributed by atoms with Crippen molar-refractivity contribution >= 4 is 11.6 Å². The zero-order chi connectivity index (χ0) is 21.8. The molecule has 0 aromatic heterocycles. The van der Waals surface area contributed by atoms with Gasteiger partial charge in [-0.2, -0.15) is 0 Å². The van der Waals surface area contributed by atoms with Crippen molar-refractivity contribution in [3.63, 3.8) is 0 Å². The summed E-state index contributed by atoms with van der Waals surface area (Å²) in [6.07, 6.45) is 4.59. The molecular weight excluding hydrogens is 376 g/mol. The number of allylic oxidation sites excluding steroid dienone is 2. The molecule has 3 rings (SSSR count). The van der Waals surface area contributed by atoms with Crippen molar-refractivity contribution in [2.24, 2.45) is 22.7 Å². The molecule has 1 aromatic rings. The van der Waals surface area contributed by atoms with E-state index < -0.39 is 5.92 Å². The third kappa shape index (κ3) is 5.47. The molecule has 2 aliphatic rings. The number of ketones is 2. The predicted molar refractivity (Wildman–Crippen MR) is 118 cm³/mol. The maximum atomic E-state index is 13.2. The van der Waals surface area contributed by atoms with Gasteiger partial charge in [0.25, 0.3) is 0 Å². The van der Waals surface area contributed by atoms with Crippen molar-refractivity contribution < 1.29 is 19.1 Å². The van der Waals surface area contributed by atoms with Crippen LogP contribution in [0.25, 0.3) is 0 Å². The van der Waals surface area contributed by atoms with E-state index in [4.69, 9.17) is 9.47 Å². The first-order valence-corrected chi connectivity index (χ1v) is 11.2. The number of Topliss-reactive ketones (excluding diaryl/α,β-unsaturated/α-hetero) is 1. The van der Waals surface area contributed by atoms with Crippen LogP contribution in [-0.4, -0.2) is 31.4 Å². The molecule has 0 bridgehead atoms. The van der Waals surface area contributed by atoms with Gasteiger partial charge in [0.05, 0.1) is 19.1 Å². The number of hydrogen-bond acceptors (Lipinski definition) is 4. The Hall–Kier alpha value is -1.78. The molecule has 1 aliphatic carbocycles. The topological polar surface area (TPSA) is 52.6 Å². The highest BCUT2D eigenvalue weighted by Gasteiger charge is 2.46. The van der Waals surface area contributed by atoms with Gasteiger partial charge in [-0.15, -0.1) is 0 Å². The van der Waals surface area contributed by atoms with E-state index >= 15 is 0 Å². The normalized spacial score (nSPS) is 21.7. The number of benzene rings is 1. The smallest absolute Gasteiger partial charge is 0.166 e. The Morgan fingerprint density at radius 2 is 1.87 bits per heavy atom. The quantitative estimate of drug-likeness (QED) is 0.554. The van der Waals surface area contributed by atoms with Crippen molar-refractivity contribution in [2.75, 3.05) is 19.8 Å². The second-order valence-corrected chi connectivity index (χ2v) is 10.1. The average Bonchev–Trinajstić information content (AvgIpc) is 2.70. The molecule has 4 heteroatoms. The predicted octanol–water partition coefficient (Wildman–Crippen LogP) is 5.16. The molecule has 1 aliphatic heterocycles. The number of hydrogen-bond donors (Lipinski definition) is 0. The maximum absolute atomic E-state index is 13.2. The molecule has 1 spiro atoms. The van der Waals surface area contributed by atoms with Crippen LogP contribution in [0.5, 0.6) is 0 Å². The third-order valence-electron chi connectivity index (χ3n) is 6.57. The molecule has 0 amide bonds. The Morgan fingerprint density at radius 1 is 1.20 bits per heavy atom. The molecule has 1 fully saturated rings. The molecule has 164 valence electrons. The van der Waals surface area contributed by atoms with E-state index in [2.05, 4.69) is 13.8 Å². The molecule has 0 saturated carbocycles. The van der Waals surface area contributed by atoms with Crippen molar-refractivity contribution in [1.29, 1.82) is 0 Å². The standard InChI is InChI=1S/C26H36O4/c1-19(2)22-14-23(27)21(15-26(22)10-12-29-13-11-26)24(28)16-25(3,4)18-30-17-20-8-6-5-7-9-20/h5-9,14,19,21H,10-13,15-18H2,1-4H3. The van der Waals surface area contributed by atoms with Gasteiger partial charge in [-0.25, -0.2) is 0 Å². The maximum Gasteiger partial charge on any atom is 0.166 e. The number of rotatable bonds is 8. The van der Waals surface area contributed by atoms with Crippen molar-refractivity contribution in [2.45, 2.75) is 60.0 Å². The van der Waals surface area contributed by atoms with Crippen molar-refractivity contribution in [1.82, 2.24) is 0 Å². The van der Waals surface area contributed by atoms with Crippen molar-refractivity contribution in [3.8, 4) is 0 Å². The first-order chi connectivity index (χ1) is 14.2. The van der Waals surface area contributed by atoms with E-state index in [0.29, 0.717) is 45.2 Å². The molecule has 4 nitrogen and oxygen atoms in total. The zero-order valence-electron chi connectivity index (χ0n) is 18.9. The van der Waals surface area contributed by atoms with Gasteiger partial charge in [-0.05, 0) is 47.6 Å². The van der Waals surface area contributed by atoms with Crippen LogP contribution in [0.3, 0.4) is 0 Å². The summed E-state index contributed by atoms with van der Waals surface area (Å²) in [5.74, 6) is -0.176. The second kappa shape index (κ2) is 9.57. The third-order valence-corrected chi connectivity index (χ3v) is 6.57.